The molecule has 1 amide bonds. The molecule has 8 nitrogen and oxygen atoms in total. The molecule has 1 aromatic carbocycles. The van der Waals surface area contributed by atoms with Crippen LogP contribution in [0.1, 0.15) is 16.9 Å². The smallest absolute Gasteiger partial charge is 0.406 e. The molecule has 3 heterocycles. The van der Waals surface area contributed by atoms with Crippen LogP contribution in [0, 0.1) is 0 Å². The van der Waals surface area contributed by atoms with Crippen LogP contribution < -0.4 is 15.4 Å². The van der Waals surface area contributed by atoms with E-state index in [1.165, 1.54) is 30.5 Å². The first kappa shape index (κ1) is 20.8. The number of hydrogen-bond donors (Lipinski definition) is 2. The Hall–Kier alpha value is -3.47. The van der Waals surface area contributed by atoms with Gasteiger partial charge < -0.3 is 15.4 Å². The molecule has 1 saturated heterocycles. The predicted molar refractivity (Wildman–Crippen MR) is 104 cm³/mol. The number of halogens is 3. The van der Waals surface area contributed by atoms with Crippen molar-refractivity contribution in [3.63, 3.8) is 0 Å². The number of ether oxygens (including phenoxy) is 1. The van der Waals surface area contributed by atoms with Crippen molar-refractivity contribution in [2.24, 2.45) is 0 Å². The molecule has 3 aromatic rings. The van der Waals surface area contributed by atoms with Crippen LogP contribution in [0.5, 0.6) is 5.75 Å². The highest BCUT2D eigenvalue weighted by atomic mass is 19.4. The van der Waals surface area contributed by atoms with Gasteiger partial charge in [-0.2, -0.15) is 0 Å². The molecule has 0 unspecified atom stereocenters. The molecular weight excluding hydrogens is 413 g/mol. The third kappa shape index (κ3) is 5.57. The Morgan fingerprint density at radius 1 is 1.23 bits per heavy atom. The summed E-state index contributed by atoms with van der Waals surface area (Å²) in [5, 5.41) is 14.0. The van der Waals surface area contributed by atoms with E-state index >= 15 is 0 Å². The Balaban J connectivity index is 1.40. The number of pyridine rings is 1. The lowest BCUT2D eigenvalue weighted by atomic mass is 10.1. The molecule has 0 bridgehead atoms. The molecular formula is C20H19F3N6O2. The van der Waals surface area contributed by atoms with Crippen LogP contribution in [-0.4, -0.2) is 50.9 Å². The van der Waals surface area contributed by atoms with E-state index in [2.05, 4.69) is 30.7 Å². The van der Waals surface area contributed by atoms with E-state index in [0.29, 0.717) is 24.2 Å². The highest BCUT2D eigenvalue weighted by Gasteiger charge is 2.31. The Morgan fingerprint density at radius 3 is 2.84 bits per heavy atom. The highest BCUT2D eigenvalue weighted by molar-refractivity contribution is 5.93. The molecule has 31 heavy (non-hydrogen) atoms. The summed E-state index contributed by atoms with van der Waals surface area (Å²) in [4.78, 5) is 16.8. The fourth-order valence-corrected chi connectivity index (χ4v) is 3.49. The van der Waals surface area contributed by atoms with Gasteiger partial charge in [0, 0.05) is 31.0 Å². The van der Waals surface area contributed by atoms with Gasteiger partial charge >= 0.3 is 6.36 Å². The molecule has 11 heteroatoms. The first-order valence-electron chi connectivity index (χ1n) is 9.56. The molecule has 0 radical (unpaired) electrons. The second-order valence-electron chi connectivity index (χ2n) is 7.14. The molecule has 1 aliphatic heterocycles. The number of nitrogens with zero attached hydrogens (tertiary/aromatic N) is 4. The van der Waals surface area contributed by atoms with Crippen molar-refractivity contribution >= 4 is 5.91 Å². The minimum atomic E-state index is -4.77. The van der Waals surface area contributed by atoms with E-state index in [0.717, 1.165) is 6.42 Å². The monoisotopic (exact) mass is 432 g/mol. The number of benzene rings is 1. The molecule has 1 aliphatic rings. The van der Waals surface area contributed by atoms with Crippen LogP contribution >= 0.6 is 0 Å². The standard InChI is InChI=1S/C20H19F3N6O2/c21-20(22,23)31-17-3-1-2-13(8-17)14-4-5-24-18(9-14)19(30)27-15-10-16(25-11-15)12-29-7-6-26-28-29/h1-9,15-16,25H,10-12H2,(H,27,30)/t15-,16+/m1/s1. The summed E-state index contributed by atoms with van der Waals surface area (Å²) in [7, 11) is 0. The lowest BCUT2D eigenvalue weighted by Crippen LogP contribution is -2.36. The number of carbonyl (C=O) groups excluding carboxylic acids is 1. The lowest BCUT2D eigenvalue weighted by Gasteiger charge is -2.13. The number of alkyl halides is 3. The zero-order chi connectivity index (χ0) is 21.8. The van der Waals surface area contributed by atoms with Crippen molar-refractivity contribution in [2.45, 2.75) is 31.4 Å². The van der Waals surface area contributed by atoms with Crippen LogP contribution in [0.2, 0.25) is 0 Å². The number of aromatic nitrogens is 4. The summed E-state index contributed by atoms with van der Waals surface area (Å²) >= 11 is 0. The van der Waals surface area contributed by atoms with Gasteiger partial charge in [-0.15, -0.1) is 18.3 Å². The van der Waals surface area contributed by atoms with Crippen molar-refractivity contribution < 1.29 is 22.7 Å². The number of rotatable bonds is 6. The molecule has 0 saturated carbocycles. The SMILES string of the molecule is O=C(N[C@H]1CN[C@H](Cn2ccnn2)C1)c1cc(-c2cccc(OC(F)(F)F)c2)ccn1. The van der Waals surface area contributed by atoms with E-state index in [1.807, 2.05) is 0 Å². The van der Waals surface area contributed by atoms with Gasteiger partial charge in [0.15, 0.2) is 0 Å². The van der Waals surface area contributed by atoms with Crippen LogP contribution in [-0.2, 0) is 6.54 Å². The van der Waals surface area contributed by atoms with Gasteiger partial charge in [-0.1, -0.05) is 17.3 Å². The first-order valence-corrected chi connectivity index (χ1v) is 9.56. The van der Waals surface area contributed by atoms with E-state index in [9.17, 15) is 18.0 Å². The van der Waals surface area contributed by atoms with Crippen LogP contribution in [0.25, 0.3) is 11.1 Å². The van der Waals surface area contributed by atoms with Gasteiger partial charge in [-0.25, -0.2) is 0 Å². The van der Waals surface area contributed by atoms with Crippen molar-refractivity contribution in [2.75, 3.05) is 6.54 Å². The normalized spacial score (nSPS) is 18.7. The average molecular weight is 432 g/mol. The van der Waals surface area contributed by atoms with E-state index in [4.69, 9.17) is 0 Å². The summed E-state index contributed by atoms with van der Waals surface area (Å²) in [6, 6.07) is 8.81. The summed E-state index contributed by atoms with van der Waals surface area (Å²) in [5.74, 6) is -0.680. The van der Waals surface area contributed by atoms with Gasteiger partial charge in [0.2, 0.25) is 0 Å². The number of hydrogen-bond acceptors (Lipinski definition) is 6. The van der Waals surface area contributed by atoms with Gasteiger partial charge in [0.25, 0.3) is 5.91 Å². The topological polar surface area (TPSA) is 94.0 Å². The van der Waals surface area contributed by atoms with Crippen LogP contribution in [0.3, 0.4) is 0 Å². The van der Waals surface area contributed by atoms with Crippen molar-refractivity contribution in [3.8, 4) is 16.9 Å². The molecule has 2 atom stereocenters. The fourth-order valence-electron chi connectivity index (χ4n) is 3.49. The molecule has 4 rings (SSSR count). The highest BCUT2D eigenvalue weighted by Crippen LogP contribution is 2.28. The summed E-state index contributed by atoms with van der Waals surface area (Å²) in [6.45, 7) is 1.26. The largest absolute Gasteiger partial charge is 0.573 e. The van der Waals surface area contributed by atoms with E-state index in [-0.39, 0.29) is 29.4 Å². The zero-order valence-corrected chi connectivity index (χ0v) is 16.2. The molecule has 162 valence electrons. The third-order valence-corrected chi connectivity index (χ3v) is 4.83. The molecule has 0 spiro atoms. The molecule has 2 N–H and O–H groups in total. The minimum Gasteiger partial charge on any atom is -0.406 e. The Bertz CT molecular complexity index is 1040. The van der Waals surface area contributed by atoms with Gasteiger partial charge in [0.1, 0.15) is 11.4 Å². The summed E-state index contributed by atoms with van der Waals surface area (Å²) < 4.78 is 43.1. The Kier molecular flexibility index (Phi) is 5.85. The maximum atomic E-state index is 12.7. The predicted octanol–water partition coefficient (Wildman–Crippen LogP) is 2.40. The Morgan fingerprint density at radius 2 is 2.06 bits per heavy atom. The number of nitrogens with one attached hydrogen (secondary N) is 2. The Labute approximate surface area is 175 Å². The quantitative estimate of drug-likeness (QED) is 0.621. The molecule has 1 fully saturated rings. The zero-order valence-electron chi connectivity index (χ0n) is 16.2. The number of carbonyl (C=O) groups is 1. The van der Waals surface area contributed by atoms with Crippen molar-refractivity contribution in [1.82, 2.24) is 30.6 Å². The van der Waals surface area contributed by atoms with Crippen molar-refractivity contribution in [3.05, 3.63) is 60.7 Å². The maximum Gasteiger partial charge on any atom is 0.573 e. The van der Waals surface area contributed by atoms with Crippen molar-refractivity contribution in [1.29, 1.82) is 0 Å². The fraction of sp³-hybridized carbons (Fsp3) is 0.300. The van der Waals surface area contributed by atoms with Gasteiger partial charge in [-0.3, -0.25) is 14.5 Å². The van der Waals surface area contributed by atoms with E-state index < -0.39 is 6.36 Å². The third-order valence-electron chi connectivity index (χ3n) is 4.83. The summed E-state index contributed by atoms with van der Waals surface area (Å²) in [5.41, 5.74) is 1.22. The summed E-state index contributed by atoms with van der Waals surface area (Å²) in [6.07, 6.45) is 0.780. The number of amides is 1. The van der Waals surface area contributed by atoms with Gasteiger partial charge in [-0.05, 0) is 41.8 Å². The molecule has 0 aliphatic carbocycles. The molecule has 2 aromatic heterocycles. The maximum absolute atomic E-state index is 12.7. The lowest BCUT2D eigenvalue weighted by molar-refractivity contribution is -0.274. The van der Waals surface area contributed by atoms with E-state index in [1.54, 1.807) is 29.2 Å². The average Bonchev–Trinajstić information content (AvgIpc) is 3.39. The minimum absolute atomic E-state index is 0.0741. The van der Waals surface area contributed by atoms with Crippen LogP contribution in [0.4, 0.5) is 13.2 Å². The van der Waals surface area contributed by atoms with Crippen LogP contribution in [0.15, 0.2) is 55.0 Å². The van der Waals surface area contributed by atoms with Gasteiger partial charge in [0.05, 0.1) is 12.7 Å². The second kappa shape index (κ2) is 8.72. The first-order chi connectivity index (χ1) is 14.9. The second-order valence-corrected chi connectivity index (χ2v) is 7.14.